The van der Waals surface area contributed by atoms with Gasteiger partial charge in [0.2, 0.25) is 11.7 Å². The number of benzene rings is 2. The average molecular weight is 474 g/mol. The van der Waals surface area contributed by atoms with Crippen molar-refractivity contribution in [1.82, 2.24) is 19.2 Å². The molecule has 1 aliphatic carbocycles. The molecule has 174 valence electrons. The Morgan fingerprint density at radius 2 is 2.00 bits per heavy atom. The summed E-state index contributed by atoms with van der Waals surface area (Å²) >= 11 is 1.37. The maximum atomic E-state index is 13.9. The zero-order valence-corrected chi connectivity index (χ0v) is 20.6. The Morgan fingerprint density at radius 3 is 2.74 bits per heavy atom. The fraction of sp³-hybridized carbons (Fsp3) is 0.308. The molecule has 1 aliphatic rings. The molecule has 0 spiro atoms. The number of hydrogen-bond donors (Lipinski definition) is 1. The SMILES string of the molecule is CC[C@@]1(C)Cc2ccccc2-c2nc3n(CC(=O)Nc4cccc(C)c4)nc(SC)n3c(=O)c21. The van der Waals surface area contributed by atoms with Gasteiger partial charge in [-0.15, -0.1) is 5.10 Å². The van der Waals surface area contributed by atoms with E-state index in [0.717, 1.165) is 35.2 Å². The van der Waals surface area contributed by atoms with Crippen molar-refractivity contribution in [1.29, 1.82) is 0 Å². The van der Waals surface area contributed by atoms with Gasteiger partial charge in [0, 0.05) is 16.7 Å². The molecule has 0 unspecified atom stereocenters. The summed E-state index contributed by atoms with van der Waals surface area (Å²) in [7, 11) is 0. The van der Waals surface area contributed by atoms with Gasteiger partial charge in [-0.05, 0) is 49.3 Å². The van der Waals surface area contributed by atoms with E-state index >= 15 is 0 Å². The van der Waals surface area contributed by atoms with Crippen LogP contribution in [0.25, 0.3) is 17.0 Å². The Hall–Kier alpha value is -3.39. The molecule has 8 heteroatoms. The summed E-state index contributed by atoms with van der Waals surface area (Å²) in [6.45, 7) is 6.18. The monoisotopic (exact) mass is 473 g/mol. The van der Waals surface area contributed by atoms with Crippen molar-refractivity contribution >= 4 is 29.1 Å². The number of fused-ring (bicyclic) bond motifs is 4. The van der Waals surface area contributed by atoms with Crippen LogP contribution in [0.2, 0.25) is 0 Å². The third-order valence-corrected chi connectivity index (χ3v) is 7.34. The van der Waals surface area contributed by atoms with Gasteiger partial charge in [-0.3, -0.25) is 9.59 Å². The minimum absolute atomic E-state index is 0.0457. The Bertz CT molecular complexity index is 1490. The molecule has 1 amide bonds. The first-order chi connectivity index (χ1) is 16.3. The zero-order chi connectivity index (χ0) is 24.0. The first-order valence-electron chi connectivity index (χ1n) is 11.4. The third-order valence-electron chi connectivity index (χ3n) is 6.71. The van der Waals surface area contributed by atoms with Crippen LogP contribution in [0.1, 0.15) is 37.0 Å². The van der Waals surface area contributed by atoms with E-state index in [1.807, 2.05) is 55.6 Å². The number of rotatable bonds is 5. The second kappa shape index (κ2) is 8.43. The molecule has 5 rings (SSSR count). The van der Waals surface area contributed by atoms with Gasteiger partial charge in [-0.25, -0.2) is 14.1 Å². The molecule has 0 bridgehead atoms. The zero-order valence-electron chi connectivity index (χ0n) is 19.8. The van der Waals surface area contributed by atoms with E-state index in [-0.39, 0.29) is 23.4 Å². The van der Waals surface area contributed by atoms with Crippen LogP contribution in [0, 0.1) is 6.92 Å². The molecule has 0 aliphatic heterocycles. The average Bonchev–Trinajstić information content (AvgIpc) is 3.16. The molecule has 4 aromatic rings. The van der Waals surface area contributed by atoms with Crippen LogP contribution in [-0.4, -0.2) is 31.3 Å². The van der Waals surface area contributed by atoms with Gasteiger partial charge < -0.3 is 5.32 Å². The van der Waals surface area contributed by atoms with Crippen molar-refractivity contribution < 1.29 is 4.79 Å². The van der Waals surface area contributed by atoms with Gasteiger partial charge in [-0.2, -0.15) is 0 Å². The predicted molar refractivity (Wildman–Crippen MR) is 136 cm³/mol. The maximum Gasteiger partial charge on any atom is 0.265 e. The summed E-state index contributed by atoms with van der Waals surface area (Å²) in [6, 6.07) is 15.8. The fourth-order valence-corrected chi connectivity index (χ4v) is 5.33. The molecular weight excluding hydrogens is 446 g/mol. The number of anilines is 1. The van der Waals surface area contributed by atoms with Crippen LogP contribution >= 0.6 is 11.8 Å². The molecule has 1 N–H and O–H groups in total. The molecular formula is C26H27N5O2S. The Labute approximate surface area is 202 Å². The van der Waals surface area contributed by atoms with E-state index in [4.69, 9.17) is 4.98 Å². The number of aromatic nitrogens is 4. The minimum Gasteiger partial charge on any atom is -0.324 e. The quantitative estimate of drug-likeness (QED) is 0.433. The van der Waals surface area contributed by atoms with E-state index < -0.39 is 0 Å². The molecule has 0 radical (unpaired) electrons. The van der Waals surface area contributed by atoms with Crippen molar-refractivity contribution in [2.24, 2.45) is 0 Å². The highest BCUT2D eigenvalue weighted by atomic mass is 32.2. The molecule has 2 aromatic carbocycles. The van der Waals surface area contributed by atoms with Gasteiger partial charge in [-0.1, -0.05) is 62.0 Å². The van der Waals surface area contributed by atoms with Gasteiger partial charge in [0.1, 0.15) is 6.54 Å². The first kappa shape index (κ1) is 22.4. The van der Waals surface area contributed by atoms with Crippen molar-refractivity contribution in [3.8, 4) is 11.3 Å². The van der Waals surface area contributed by atoms with Crippen molar-refractivity contribution in [2.45, 2.75) is 50.7 Å². The van der Waals surface area contributed by atoms with Crippen molar-refractivity contribution in [3.05, 3.63) is 75.6 Å². The van der Waals surface area contributed by atoms with E-state index in [9.17, 15) is 9.59 Å². The molecule has 0 saturated heterocycles. The maximum absolute atomic E-state index is 13.9. The normalized spacial score (nSPS) is 16.8. The fourth-order valence-electron chi connectivity index (χ4n) is 4.80. The Balaban J connectivity index is 1.66. The Morgan fingerprint density at radius 1 is 1.21 bits per heavy atom. The second-order valence-corrected chi connectivity index (χ2v) is 9.86. The number of nitrogens with one attached hydrogen (secondary N) is 1. The smallest absolute Gasteiger partial charge is 0.265 e. The molecule has 0 saturated carbocycles. The van der Waals surface area contributed by atoms with E-state index in [1.54, 1.807) is 4.40 Å². The molecule has 34 heavy (non-hydrogen) atoms. The van der Waals surface area contributed by atoms with E-state index in [0.29, 0.717) is 16.6 Å². The first-order valence-corrected chi connectivity index (χ1v) is 12.6. The highest BCUT2D eigenvalue weighted by Crippen LogP contribution is 2.42. The van der Waals surface area contributed by atoms with Crippen LogP contribution in [-0.2, 0) is 23.2 Å². The highest BCUT2D eigenvalue weighted by Gasteiger charge is 2.38. The summed E-state index contributed by atoms with van der Waals surface area (Å²) in [5.74, 6) is 0.150. The topological polar surface area (TPSA) is 81.3 Å². The van der Waals surface area contributed by atoms with Crippen LogP contribution in [0.4, 0.5) is 5.69 Å². The van der Waals surface area contributed by atoms with E-state index in [2.05, 4.69) is 30.3 Å². The molecule has 7 nitrogen and oxygen atoms in total. The highest BCUT2D eigenvalue weighted by molar-refractivity contribution is 7.98. The van der Waals surface area contributed by atoms with Gasteiger partial charge in [0.15, 0.2) is 5.16 Å². The summed E-state index contributed by atoms with van der Waals surface area (Å²) in [4.78, 5) is 31.8. The number of carbonyl (C=O) groups is 1. The van der Waals surface area contributed by atoms with Gasteiger partial charge in [0.05, 0.1) is 11.3 Å². The summed E-state index contributed by atoms with van der Waals surface area (Å²) in [6.07, 6.45) is 3.48. The van der Waals surface area contributed by atoms with E-state index in [1.165, 1.54) is 22.0 Å². The van der Waals surface area contributed by atoms with Crippen molar-refractivity contribution in [3.63, 3.8) is 0 Å². The second-order valence-electron chi connectivity index (χ2n) is 9.09. The molecule has 0 fully saturated rings. The number of nitrogens with zero attached hydrogens (tertiary/aromatic N) is 4. The van der Waals surface area contributed by atoms with Crippen LogP contribution in [0.5, 0.6) is 0 Å². The van der Waals surface area contributed by atoms with Gasteiger partial charge in [0.25, 0.3) is 5.56 Å². The standard InChI is InChI=1S/C26H27N5O2S/c1-5-26(3)14-17-10-6-7-12-19(17)22-21(26)23(33)31-24(28-22)30(29-25(31)34-4)15-20(32)27-18-11-8-9-16(2)13-18/h6-13H,5,14-15H2,1-4H3,(H,27,32)/t26-/m0/s1. The van der Waals surface area contributed by atoms with Crippen LogP contribution in [0.3, 0.4) is 0 Å². The minimum atomic E-state index is -0.324. The molecule has 2 aromatic heterocycles. The predicted octanol–water partition coefficient (Wildman–Crippen LogP) is 4.45. The lowest BCUT2D eigenvalue weighted by atomic mass is 9.69. The molecule has 1 atom stereocenters. The molecule has 2 heterocycles. The number of carbonyl (C=O) groups excluding carboxylic acids is 1. The number of aryl methyl sites for hydroxylation is 1. The number of amides is 1. The third kappa shape index (κ3) is 3.62. The van der Waals surface area contributed by atoms with Crippen LogP contribution in [0.15, 0.2) is 58.5 Å². The van der Waals surface area contributed by atoms with Crippen molar-refractivity contribution in [2.75, 3.05) is 11.6 Å². The summed E-state index contributed by atoms with van der Waals surface area (Å²) in [5, 5.41) is 8.03. The Kier molecular flexibility index (Phi) is 5.56. The van der Waals surface area contributed by atoms with Crippen LogP contribution < -0.4 is 10.9 Å². The largest absolute Gasteiger partial charge is 0.324 e. The number of thioether (sulfide) groups is 1. The van der Waals surface area contributed by atoms with Gasteiger partial charge >= 0.3 is 0 Å². The lowest BCUT2D eigenvalue weighted by Gasteiger charge is -2.35. The summed E-state index contributed by atoms with van der Waals surface area (Å²) < 4.78 is 3.09. The number of hydrogen-bond acceptors (Lipinski definition) is 5. The lowest BCUT2D eigenvalue weighted by molar-refractivity contribution is -0.116. The summed E-state index contributed by atoms with van der Waals surface area (Å²) in [5.41, 5.74) is 4.94. The lowest BCUT2D eigenvalue weighted by Crippen LogP contribution is -2.38.